The summed E-state index contributed by atoms with van der Waals surface area (Å²) in [7, 11) is 0. The highest BCUT2D eigenvalue weighted by Gasteiger charge is 2.61. The van der Waals surface area contributed by atoms with Crippen LogP contribution < -0.4 is 0 Å². The highest BCUT2D eigenvalue weighted by molar-refractivity contribution is 6.25. The molecular formula is C30H20O9. The third-order valence-electron chi connectivity index (χ3n) is 9.19. The van der Waals surface area contributed by atoms with Gasteiger partial charge in [0, 0.05) is 46.2 Å². The average molecular weight is 524 g/mol. The fourth-order valence-electron chi connectivity index (χ4n) is 8.00. The lowest BCUT2D eigenvalue weighted by molar-refractivity contribution is -0.121. The van der Waals surface area contributed by atoms with Crippen molar-refractivity contribution in [2.24, 2.45) is 17.8 Å². The van der Waals surface area contributed by atoms with Crippen LogP contribution in [0.5, 0.6) is 17.2 Å². The molecule has 9 heteroatoms. The van der Waals surface area contributed by atoms with Crippen molar-refractivity contribution in [3.63, 3.8) is 0 Å². The van der Waals surface area contributed by atoms with Crippen LogP contribution >= 0.6 is 0 Å². The molecule has 39 heavy (non-hydrogen) atoms. The molecule has 0 aromatic heterocycles. The van der Waals surface area contributed by atoms with Gasteiger partial charge in [0.1, 0.15) is 34.5 Å². The van der Waals surface area contributed by atoms with E-state index in [1.54, 1.807) is 6.92 Å². The number of benzene rings is 2. The van der Waals surface area contributed by atoms with E-state index < -0.39 is 59.1 Å². The molecule has 8 rings (SSSR count). The number of hydrogen-bond acceptors (Lipinski definition) is 9. The summed E-state index contributed by atoms with van der Waals surface area (Å²) in [6, 6.07) is 2.42. The topological polar surface area (TPSA) is 176 Å². The van der Waals surface area contributed by atoms with Crippen molar-refractivity contribution in [2.75, 3.05) is 6.61 Å². The summed E-state index contributed by atoms with van der Waals surface area (Å²) in [5.74, 6) is -7.63. The molecule has 0 spiro atoms. The SMILES string of the molecule is Cc1cc(O)c2c3c1C1=C(CO)C=C(O)C4C(=O)C5=C(O)C=C(O)C6c7c(O)cc(O)c(c7C3=C(C14)C56)C2=O. The zero-order valence-corrected chi connectivity index (χ0v) is 20.3. The normalized spacial score (nSPS) is 27.0. The average Bonchev–Trinajstić information content (AvgIpc) is 2.86. The van der Waals surface area contributed by atoms with Gasteiger partial charge < -0.3 is 35.7 Å². The Kier molecular flexibility index (Phi) is 3.78. The van der Waals surface area contributed by atoms with Crippen molar-refractivity contribution in [1.82, 2.24) is 0 Å². The predicted molar refractivity (Wildman–Crippen MR) is 135 cm³/mol. The van der Waals surface area contributed by atoms with Crippen molar-refractivity contribution >= 4 is 22.7 Å². The molecule has 4 atom stereocenters. The van der Waals surface area contributed by atoms with Crippen LogP contribution in [0.2, 0.25) is 0 Å². The zero-order valence-electron chi connectivity index (χ0n) is 20.3. The smallest absolute Gasteiger partial charge is 0.201 e. The lowest BCUT2D eigenvalue weighted by Gasteiger charge is -2.53. The van der Waals surface area contributed by atoms with Crippen LogP contribution in [0.15, 0.2) is 58.3 Å². The van der Waals surface area contributed by atoms with Crippen molar-refractivity contribution in [2.45, 2.75) is 12.8 Å². The molecule has 2 aromatic rings. The number of allylic oxidation sites excluding steroid dienone is 6. The summed E-state index contributed by atoms with van der Waals surface area (Å²) < 4.78 is 0. The van der Waals surface area contributed by atoms with Crippen LogP contribution in [0.3, 0.4) is 0 Å². The summed E-state index contributed by atoms with van der Waals surface area (Å²) in [6.07, 6.45) is 2.36. The Morgan fingerprint density at radius 3 is 2.05 bits per heavy atom. The number of hydrogen-bond donors (Lipinski definition) is 7. The van der Waals surface area contributed by atoms with E-state index >= 15 is 0 Å². The molecule has 7 N–H and O–H groups in total. The van der Waals surface area contributed by atoms with Gasteiger partial charge in [-0.3, -0.25) is 9.59 Å². The minimum atomic E-state index is -1.15. The number of phenolic OH excluding ortho intramolecular Hbond substituents is 3. The number of aryl methyl sites for hydroxylation is 1. The van der Waals surface area contributed by atoms with Gasteiger partial charge in [0.25, 0.3) is 0 Å². The third-order valence-corrected chi connectivity index (χ3v) is 9.19. The number of Topliss-reactive ketones (excluding diaryl/α,β-unsaturated/α-hetero) is 1. The van der Waals surface area contributed by atoms with Gasteiger partial charge >= 0.3 is 0 Å². The Hall–Kier alpha value is -4.76. The molecule has 1 saturated carbocycles. The molecule has 6 aliphatic carbocycles. The van der Waals surface area contributed by atoms with Gasteiger partial charge in [-0.25, -0.2) is 0 Å². The van der Waals surface area contributed by atoms with Gasteiger partial charge in [-0.05, 0) is 52.5 Å². The molecule has 194 valence electrons. The molecule has 2 aromatic carbocycles. The van der Waals surface area contributed by atoms with E-state index in [9.17, 15) is 45.3 Å². The number of carbonyl (C=O) groups is 2. The molecule has 6 aliphatic rings. The number of phenols is 3. The number of ketones is 2. The first-order valence-corrected chi connectivity index (χ1v) is 12.5. The largest absolute Gasteiger partial charge is 0.511 e. The number of fused-ring (bicyclic) bond motifs is 2. The van der Waals surface area contributed by atoms with Gasteiger partial charge in [-0.15, -0.1) is 0 Å². The van der Waals surface area contributed by atoms with E-state index in [0.29, 0.717) is 39.0 Å². The molecule has 9 nitrogen and oxygen atoms in total. The molecule has 0 aliphatic heterocycles. The number of aliphatic hydroxyl groups excluding tert-OH is 4. The molecular weight excluding hydrogens is 504 g/mol. The fourth-order valence-corrected chi connectivity index (χ4v) is 8.00. The van der Waals surface area contributed by atoms with Crippen LogP contribution in [0.25, 0.3) is 11.1 Å². The molecule has 0 heterocycles. The monoisotopic (exact) mass is 524 g/mol. The van der Waals surface area contributed by atoms with Gasteiger partial charge in [0.2, 0.25) is 5.78 Å². The summed E-state index contributed by atoms with van der Waals surface area (Å²) >= 11 is 0. The van der Waals surface area contributed by atoms with E-state index in [0.717, 1.165) is 12.1 Å². The molecule has 4 unspecified atom stereocenters. The first-order chi connectivity index (χ1) is 18.6. The fraction of sp³-hybridized carbons (Fsp3) is 0.200. The van der Waals surface area contributed by atoms with E-state index in [2.05, 4.69) is 0 Å². The highest BCUT2D eigenvalue weighted by atomic mass is 16.3. The second kappa shape index (κ2) is 6.62. The van der Waals surface area contributed by atoms with Crippen molar-refractivity contribution in [3.05, 3.63) is 97.2 Å². The minimum absolute atomic E-state index is 0.0493. The Morgan fingerprint density at radius 2 is 1.33 bits per heavy atom. The Labute approximate surface area is 219 Å². The minimum Gasteiger partial charge on any atom is -0.511 e. The van der Waals surface area contributed by atoms with Crippen LogP contribution in [0.4, 0.5) is 0 Å². The van der Waals surface area contributed by atoms with Crippen molar-refractivity contribution < 1.29 is 45.3 Å². The van der Waals surface area contributed by atoms with Crippen LogP contribution in [-0.2, 0) is 4.79 Å². The molecule has 0 radical (unpaired) electrons. The standard InChI is InChI=1S/C30H20O9/c1-7-2-9(32)19-23-15(7)16-8(6-31)3-10(33)20-24(16)28-26-18(12(35)5-14(37)22(26)30(20)39)17-11(34)4-13(36)21(29(19)38)25(17)27(23)28/h2-5,18,20,24,26,31-37H,6H2,1H3. The second-order valence-corrected chi connectivity index (χ2v) is 10.9. The number of aromatic hydroxyl groups is 3. The lowest BCUT2D eigenvalue weighted by Crippen LogP contribution is -2.48. The number of carbonyl (C=O) groups excluding carboxylic acids is 2. The molecule has 1 fully saturated rings. The van der Waals surface area contributed by atoms with Crippen molar-refractivity contribution in [3.8, 4) is 17.2 Å². The number of aliphatic hydroxyl groups is 4. The molecule has 0 bridgehead atoms. The predicted octanol–water partition coefficient (Wildman–Crippen LogP) is 3.47. The van der Waals surface area contributed by atoms with Crippen LogP contribution in [0, 0.1) is 24.7 Å². The van der Waals surface area contributed by atoms with E-state index in [4.69, 9.17) is 0 Å². The van der Waals surface area contributed by atoms with Crippen LogP contribution in [0.1, 0.15) is 49.7 Å². The first-order valence-electron chi connectivity index (χ1n) is 12.5. The van der Waals surface area contributed by atoms with Crippen molar-refractivity contribution in [1.29, 1.82) is 0 Å². The van der Waals surface area contributed by atoms with Gasteiger partial charge in [0.05, 0.1) is 29.6 Å². The lowest BCUT2D eigenvalue weighted by atomic mass is 9.48. The maximum atomic E-state index is 14.0. The van der Waals surface area contributed by atoms with E-state index in [1.807, 2.05) is 0 Å². The van der Waals surface area contributed by atoms with Gasteiger partial charge in [-0.2, -0.15) is 0 Å². The summed E-state index contributed by atoms with van der Waals surface area (Å²) in [5, 5.41) is 76.7. The molecule has 0 amide bonds. The van der Waals surface area contributed by atoms with Gasteiger partial charge in [0.15, 0.2) is 5.78 Å². The maximum absolute atomic E-state index is 14.0. The summed E-state index contributed by atoms with van der Waals surface area (Å²) in [5.41, 5.74) is 3.15. The Bertz CT molecular complexity index is 1860. The quantitative estimate of drug-likeness (QED) is 0.251. The first kappa shape index (κ1) is 22.2. The highest BCUT2D eigenvalue weighted by Crippen LogP contribution is 2.69. The van der Waals surface area contributed by atoms with E-state index in [-0.39, 0.29) is 45.1 Å². The van der Waals surface area contributed by atoms with Crippen LogP contribution in [-0.4, -0.2) is 53.9 Å². The number of rotatable bonds is 1. The van der Waals surface area contributed by atoms with Gasteiger partial charge in [-0.1, -0.05) is 0 Å². The maximum Gasteiger partial charge on any atom is 0.201 e. The Morgan fingerprint density at radius 1 is 0.692 bits per heavy atom. The summed E-state index contributed by atoms with van der Waals surface area (Å²) in [4.78, 5) is 28.0. The second-order valence-electron chi connectivity index (χ2n) is 10.9. The molecule has 0 saturated heterocycles. The summed E-state index contributed by atoms with van der Waals surface area (Å²) in [6.45, 7) is 1.23. The zero-order chi connectivity index (χ0) is 27.4. The third kappa shape index (κ3) is 2.21. The van der Waals surface area contributed by atoms with E-state index in [1.165, 1.54) is 12.1 Å². The Balaban J connectivity index is 1.69.